The van der Waals surface area contributed by atoms with Crippen LogP contribution in [0.5, 0.6) is 5.75 Å². The highest BCUT2D eigenvalue weighted by atomic mass is 35.5. The fourth-order valence-corrected chi connectivity index (χ4v) is 6.70. The van der Waals surface area contributed by atoms with Crippen LogP contribution >= 0.6 is 23.2 Å². The molecule has 4 rings (SSSR count). The van der Waals surface area contributed by atoms with Gasteiger partial charge in [-0.15, -0.1) is 0 Å². The first-order valence-electron chi connectivity index (χ1n) is 13.3. The summed E-state index contributed by atoms with van der Waals surface area (Å²) in [6, 6.07) is 10.7. The van der Waals surface area contributed by atoms with Crippen molar-refractivity contribution in [1.82, 2.24) is 24.5 Å². The van der Waals surface area contributed by atoms with Crippen LogP contribution in [-0.4, -0.2) is 66.4 Å². The number of imidazole rings is 1. The van der Waals surface area contributed by atoms with E-state index in [2.05, 4.69) is 15.6 Å². The molecule has 2 amide bonds. The van der Waals surface area contributed by atoms with Gasteiger partial charge in [-0.05, 0) is 49.1 Å². The van der Waals surface area contributed by atoms with E-state index in [0.29, 0.717) is 31.1 Å². The molecule has 2 N–H and O–H groups in total. The van der Waals surface area contributed by atoms with Crippen LogP contribution in [0.15, 0.2) is 59.8 Å². The lowest BCUT2D eigenvalue weighted by molar-refractivity contribution is -0.129. The molecule has 1 aliphatic heterocycles. The summed E-state index contributed by atoms with van der Waals surface area (Å²) >= 11 is 12.3. The molecule has 0 aliphatic carbocycles. The Morgan fingerprint density at radius 2 is 1.93 bits per heavy atom. The van der Waals surface area contributed by atoms with Crippen molar-refractivity contribution in [1.29, 1.82) is 0 Å². The van der Waals surface area contributed by atoms with Crippen LogP contribution in [0.1, 0.15) is 26.7 Å². The number of benzene rings is 2. The number of rotatable bonds is 4. The molecule has 220 valence electrons. The molecule has 1 aliphatic rings. The SMILES string of the molecule is CC(C)C[C@H]1NC(=O)CN(S(=O)(=O)c2cc(Cl)ccc2Cl)CCCOc2cccc(c2)-c2nccn2CCNC1=O. The van der Waals surface area contributed by atoms with Gasteiger partial charge in [-0.3, -0.25) is 9.59 Å². The molecule has 0 unspecified atom stereocenters. The zero-order chi connectivity index (χ0) is 29.6. The van der Waals surface area contributed by atoms with E-state index in [4.69, 9.17) is 27.9 Å². The maximum atomic E-state index is 13.7. The number of nitrogens with zero attached hydrogens (tertiary/aromatic N) is 3. The second-order valence-electron chi connectivity index (χ2n) is 10.1. The summed E-state index contributed by atoms with van der Waals surface area (Å²) in [5.74, 6) is 0.442. The lowest BCUT2D eigenvalue weighted by atomic mass is 10.0. The Hall–Kier alpha value is -3.12. The van der Waals surface area contributed by atoms with Gasteiger partial charge in [0.15, 0.2) is 0 Å². The first-order valence-corrected chi connectivity index (χ1v) is 15.5. The van der Waals surface area contributed by atoms with Gasteiger partial charge in [0.2, 0.25) is 21.8 Å². The average molecular weight is 623 g/mol. The number of fused-ring (bicyclic) bond motifs is 4. The summed E-state index contributed by atoms with van der Waals surface area (Å²) in [6.07, 6.45) is 4.18. The van der Waals surface area contributed by atoms with Crippen molar-refractivity contribution >= 4 is 45.0 Å². The molecule has 2 heterocycles. The fraction of sp³-hybridized carbons (Fsp3) is 0.393. The van der Waals surface area contributed by atoms with E-state index < -0.39 is 28.5 Å². The van der Waals surface area contributed by atoms with Crippen LogP contribution in [0.3, 0.4) is 0 Å². The highest BCUT2D eigenvalue weighted by molar-refractivity contribution is 7.89. The van der Waals surface area contributed by atoms with Crippen molar-refractivity contribution in [2.75, 3.05) is 26.2 Å². The molecule has 1 aromatic heterocycles. The van der Waals surface area contributed by atoms with Gasteiger partial charge in [0, 0.05) is 42.6 Å². The van der Waals surface area contributed by atoms with Crippen molar-refractivity contribution in [3.63, 3.8) is 0 Å². The van der Waals surface area contributed by atoms with Crippen LogP contribution < -0.4 is 15.4 Å². The second-order valence-corrected chi connectivity index (χ2v) is 12.9. The van der Waals surface area contributed by atoms with E-state index in [1.54, 1.807) is 12.3 Å². The van der Waals surface area contributed by atoms with E-state index in [1.165, 1.54) is 18.2 Å². The predicted octanol–water partition coefficient (Wildman–Crippen LogP) is 3.98. The minimum Gasteiger partial charge on any atom is -0.494 e. The highest BCUT2D eigenvalue weighted by Gasteiger charge is 2.30. The van der Waals surface area contributed by atoms with E-state index in [1.807, 2.05) is 42.8 Å². The number of hydrogen-bond donors (Lipinski definition) is 2. The van der Waals surface area contributed by atoms with Crippen molar-refractivity contribution in [2.45, 2.75) is 44.2 Å². The Labute approximate surface area is 250 Å². The van der Waals surface area contributed by atoms with Crippen molar-refractivity contribution in [3.8, 4) is 17.1 Å². The molecule has 3 aromatic rings. The zero-order valence-corrected chi connectivity index (χ0v) is 25.2. The van der Waals surface area contributed by atoms with Gasteiger partial charge < -0.3 is 19.9 Å². The number of carbonyl (C=O) groups excluding carboxylic acids is 2. The molecule has 41 heavy (non-hydrogen) atoms. The monoisotopic (exact) mass is 621 g/mol. The van der Waals surface area contributed by atoms with E-state index in [0.717, 1.165) is 9.87 Å². The highest BCUT2D eigenvalue weighted by Crippen LogP contribution is 2.28. The first-order chi connectivity index (χ1) is 19.5. The van der Waals surface area contributed by atoms with E-state index >= 15 is 0 Å². The second kappa shape index (κ2) is 13.7. The van der Waals surface area contributed by atoms with Crippen LogP contribution in [0.4, 0.5) is 0 Å². The largest absolute Gasteiger partial charge is 0.494 e. The standard InChI is InChI=1S/C28H33Cl2N5O5S/c1-19(2)15-24-28(37)32-10-13-34-12-9-31-27(34)20-5-3-6-22(16-20)40-14-4-11-35(18-26(36)33-24)41(38,39)25-17-21(29)7-8-23(25)30/h3,5-9,12,16-17,19,24H,4,10-11,13-15,18H2,1-2H3,(H,32,37)(H,33,36)/t24-/m1/s1. The Balaban J connectivity index is 1.65. The van der Waals surface area contributed by atoms with Gasteiger partial charge in [-0.2, -0.15) is 4.31 Å². The summed E-state index contributed by atoms with van der Waals surface area (Å²) in [7, 11) is -4.22. The molecule has 1 atom stereocenters. The summed E-state index contributed by atoms with van der Waals surface area (Å²) in [5.41, 5.74) is 0.838. The third kappa shape index (κ3) is 8.00. The van der Waals surface area contributed by atoms with Gasteiger partial charge in [0.25, 0.3) is 0 Å². The van der Waals surface area contributed by atoms with Crippen LogP contribution in [0.2, 0.25) is 10.0 Å². The van der Waals surface area contributed by atoms with Gasteiger partial charge >= 0.3 is 0 Å². The lowest BCUT2D eigenvalue weighted by Crippen LogP contribution is -2.51. The molecule has 0 fully saturated rings. The van der Waals surface area contributed by atoms with Crippen molar-refractivity contribution < 1.29 is 22.7 Å². The quantitative estimate of drug-likeness (QED) is 0.454. The number of carbonyl (C=O) groups is 2. The van der Waals surface area contributed by atoms with Gasteiger partial charge in [0.1, 0.15) is 22.5 Å². The van der Waals surface area contributed by atoms with Gasteiger partial charge in [-0.1, -0.05) is 49.2 Å². The number of amides is 2. The topological polar surface area (TPSA) is 123 Å². The number of hydrogen-bond acceptors (Lipinski definition) is 6. The molecule has 13 heteroatoms. The molecule has 10 nitrogen and oxygen atoms in total. The molecular formula is C28H33Cl2N5O5S. The third-order valence-corrected chi connectivity index (χ3v) is 9.03. The Kier molecular flexibility index (Phi) is 10.3. The lowest BCUT2D eigenvalue weighted by Gasteiger charge is -2.25. The number of aromatic nitrogens is 2. The molecule has 2 aromatic carbocycles. The zero-order valence-electron chi connectivity index (χ0n) is 22.8. The smallest absolute Gasteiger partial charge is 0.245 e. The Morgan fingerprint density at radius 3 is 2.71 bits per heavy atom. The average Bonchev–Trinajstić information content (AvgIpc) is 3.39. The number of halogens is 2. The molecule has 0 saturated carbocycles. The van der Waals surface area contributed by atoms with Gasteiger partial charge in [0.05, 0.1) is 18.2 Å². The van der Waals surface area contributed by atoms with Crippen LogP contribution in [0, 0.1) is 5.92 Å². The third-order valence-electron chi connectivity index (χ3n) is 6.47. The summed E-state index contributed by atoms with van der Waals surface area (Å²) < 4.78 is 36.2. The molecule has 0 saturated heterocycles. The molecule has 0 radical (unpaired) electrons. The number of sulfonamides is 1. The van der Waals surface area contributed by atoms with E-state index in [9.17, 15) is 18.0 Å². The minimum atomic E-state index is -4.22. The first kappa shape index (κ1) is 30.8. The van der Waals surface area contributed by atoms with Crippen LogP contribution in [0.25, 0.3) is 11.4 Å². The Morgan fingerprint density at radius 1 is 1.12 bits per heavy atom. The van der Waals surface area contributed by atoms with Crippen molar-refractivity contribution in [2.24, 2.45) is 5.92 Å². The minimum absolute atomic E-state index is 0.0160. The summed E-state index contributed by atoms with van der Waals surface area (Å²) in [4.78, 5) is 30.6. The molecular weight excluding hydrogens is 589 g/mol. The predicted molar refractivity (Wildman–Crippen MR) is 157 cm³/mol. The maximum Gasteiger partial charge on any atom is 0.245 e. The van der Waals surface area contributed by atoms with Crippen LogP contribution in [-0.2, 0) is 26.2 Å². The summed E-state index contributed by atoms with van der Waals surface area (Å²) in [5, 5.41) is 5.80. The number of ether oxygens (including phenoxy) is 1. The fourth-order valence-electron chi connectivity index (χ4n) is 4.53. The number of nitrogens with one attached hydrogen (secondary N) is 2. The normalized spacial score (nSPS) is 18.0. The maximum absolute atomic E-state index is 13.7. The van der Waals surface area contributed by atoms with E-state index in [-0.39, 0.29) is 46.3 Å². The molecule has 0 spiro atoms. The van der Waals surface area contributed by atoms with Crippen molar-refractivity contribution in [3.05, 3.63) is 64.9 Å². The summed E-state index contributed by atoms with van der Waals surface area (Å²) in [6.45, 7) is 4.28. The Bertz CT molecular complexity index is 1490. The molecule has 2 bridgehead atoms. The van der Waals surface area contributed by atoms with Gasteiger partial charge in [-0.25, -0.2) is 13.4 Å².